The van der Waals surface area contributed by atoms with Crippen molar-refractivity contribution in [1.82, 2.24) is 10.2 Å². The van der Waals surface area contributed by atoms with Gasteiger partial charge in [0.25, 0.3) is 5.91 Å². The highest BCUT2D eigenvalue weighted by molar-refractivity contribution is 6.34. The standard InChI is InChI=1S/C31H42ClN3O4/c1-8-21-12-14-22(15-13-21)27(28(36)34-26-20(4)10-9-11-24(26)32)35(23-16-17-23)29(37)25(18-19(2)3)33-30(38)39-31(5,6)7/h9-15,19,23,25,27H,8,16-18H2,1-7H3,(H,33,38)(H,34,36). The number of nitrogens with zero attached hydrogens (tertiary/aromatic N) is 1. The molecule has 2 N–H and O–H groups in total. The molecule has 1 saturated carbocycles. The van der Waals surface area contributed by atoms with Gasteiger partial charge >= 0.3 is 6.09 Å². The number of hydrogen-bond acceptors (Lipinski definition) is 4. The van der Waals surface area contributed by atoms with Gasteiger partial charge in [-0.25, -0.2) is 4.79 Å². The number of para-hydroxylation sites is 1. The lowest BCUT2D eigenvalue weighted by molar-refractivity contribution is -0.141. The van der Waals surface area contributed by atoms with Crippen LogP contribution in [0.15, 0.2) is 42.5 Å². The zero-order valence-corrected chi connectivity index (χ0v) is 24.9. The first-order valence-corrected chi connectivity index (χ1v) is 14.1. The van der Waals surface area contributed by atoms with E-state index in [0.29, 0.717) is 22.7 Å². The maximum Gasteiger partial charge on any atom is 0.408 e. The minimum atomic E-state index is -0.901. The fraction of sp³-hybridized carbons (Fsp3) is 0.516. The maximum absolute atomic E-state index is 14.2. The SMILES string of the molecule is CCc1ccc(C(C(=O)Nc2c(C)cccc2Cl)N(C(=O)C(CC(C)C)NC(=O)OC(C)(C)C)C2CC2)cc1. The van der Waals surface area contributed by atoms with Crippen LogP contribution in [-0.2, 0) is 20.7 Å². The van der Waals surface area contributed by atoms with Crippen molar-refractivity contribution in [3.63, 3.8) is 0 Å². The number of amides is 3. The Balaban J connectivity index is 2.02. The number of ether oxygens (including phenoxy) is 1. The second-order valence-corrected chi connectivity index (χ2v) is 12.1. The van der Waals surface area contributed by atoms with Crippen LogP contribution < -0.4 is 10.6 Å². The molecule has 1 aliphatic rings. The van der Waals surface area contributed by atoms with Gasteiger partial charge in [0.2, 0.25) is 5.91 Å². The first-order valence-electron chi connectivity index (χ1n) is 13.8. The Morgan fingerprint density at radius 2 is 1.72 bits per heavy atom. The molecule has 3 amide bonds. The van der Waals surface area contributed by atoms with Crippen LogP contribution in [0.2, 0.25) is 5.02 Å². The zero-order valence-electron chi connectivity index (χ0n) is 24.1. The molecule has 2 aromatic rings. The molecule has 0 aromatic heterocycles. The second kappa shape index (κ2) is 12.9. The summed E-state index contributed by atoms with van der Waals surface area (Å²) in [7, 11) is 0. The highest BCUT2D eigenvalue weighted by Gasteiger charge is 2.44. The van der Waals surface area contributed by atoms with Gasteiger partial charge in [-0.1, -0.05) is 68.8 Å². The molecule has 8 heteroatoms. The number of carbonyl (C=O) groups is 3. The van der Waals surface area contributed by atoms with Crippen molar-refractivity contribution in [2.45, 2.75) is 97.9 Å². The van der Waals surface area contributed by atoms with E-state index in [-0.39, 0.29) is 23.8 Å². The predicted octanol–water partition coefficient (Wildman–Crippen LogP) is 6.82. The van der Waals surface area contributed by atoms with Crippen LogP contribution in [0, 0.1) is 12.8 Å². The van der Waals surface area contributed by atoms with Gasteiger partial charge in [0.1, 0.15) is 17.7 Å². The maximum atomic E-state index is 14.2. The van der Waals surface area contributed by atoms with Gasteiger partial charge in [-0.3, -0.25) is 9.59 Å². The first kappa shape index (κ1) is 30.5. The van der Waals surface area contributed by atoms with Crippen molar-refractivity contribution in [1.29, 1.82) is 0 Å². The van der Waals surface area contributed by atoms with Crippen molar-refractivity contribution < 1.29 is 19.1 Å². The summed E-state index contributed by atoms with van der Waals surface area (Å²) in [5, 5.41) is 6.22. The minimum Gasteiger partial charge on any atom is -0.444 e. The van der Waals surface area contributed by atoms with Crippen LogP contribution in [0.4, 0.5) is 10.5 Å². The largest absolute Gasteiger partial charge is 0.444 e. The molecule has 0 saturated heterocycles. The van der Waals surface area contributed by atoms with Gasteiger partial charge in [-0.2, -0.15) is 0 Å². The monoisotopic (exact) mass is 555 g/mol. The van der Waals surface area contributed by atoms with E-state index in [9.17, 15) is 14.4 Å². The molecular formula is C31H42ClN3O4. The van der Waals surface area contributed by atoms with E-state index in [0.717, 1.165) is 30.4 Å². The van der Waals surface area contributed by atoms with Gasteiger partial charge in [0, 0.05) is 6.04 Å². The van der Waals surface area contributed by atoms with Gasteiger partial charge in [0.15, 0.2) is 0 Å². The van der Waals surface area contributed by atoms with Gasteiger partial charge < -0.3 is 20.3 Å². The lowest BCUT2D eigenvalue weighted by Gasteiger charge is -2.35. The van der Waals surface area contributed by atoms with E-state index >= 15 is 0 Å². The van der Waals surface area contributed by atoms with Crippen LogP contribution in [0.5, 0.6) is 0 Å². The van der Waals surface area contributed by atoms with Gasteiger partial charge in [0.05, 0.1) is 10.7 Å². The molecule has 1 aliphatic carbocycles. The molecule has 212 valence electrons. The highest BCUT2D eigenvalue weighted by Crippen LogP contribution is 2.37. The predicted molar refractivity (Wildman–Crippen MR) is 156 cm³/mol. The van der Waals surface area contributed by atoms with Crippen LogP contribution in [0.1, 0.15) is 83.5 Å². The van der Waals surface area contributed by atoms with Crippen LogP contribution in [0.3, 0.4) is 0 Å². The second-order valence-electron chi connectivity index (χ2n) is 11.7. The van der Waals surface area contributed by atoms with E-state index in [1.807, 2.05) is 57.2 Å². The Hall–Kier alpha value is -3.06. The van der Waals surface area contributed by atoms with Crippen molar-refractivity contribution in [3.8, 4) is 0 Å². The molecule has 0 bridgehead atoms. The number of rotatable bonds is 10. The lowest BCUT2D eigenvalue weighted by atomic mass is 9.98. The van der Waals surface area contributed by atoms with E-state index < -0.39 is 23.8 Å². The summed E-state index contributed by atoms with van der Waals surface area (Å²) < 4.78 is 5.46. The molecular weight excluding hydrogens is 514 g/mol. The fourth-order valence-electron chi connectivity index (χ4n) is 4.55. The molecule has 0 aliphatic heterocycles. The minimum absolute atomic E-state index is 0.110. The normalized spacial score (nSPS) is 14.9. The lowest BCUT2D eigenvalue weighted by Crippen LogP contribution is -2.53. The smallest absolute Gasteiger partial charge is 0.408 e. The molecule has 1 fully saturated rings. The highest BCUT2D eigenvalue weighted by atomic mass is 35.5. The van der Waals surface area contributed by atoms with Crippen LogP contribution >= 0.6 is 11.6 Å². The zero-order chi connectivity index (χ0) is 28.9. The molecule has 2 aromatic carbocycles. The molecule has 0 spiro atoms. The van der Waals surface area contributed by atoms with Crippen molar-refractivity contribution in [2.75, 3.05) is 5.32 Å². The van der Waals surface area contributed by atoms with E-state index in [1.54, 1.807) is 31.7 Å². The first-order chi connectivity index (χ1) is 18.3. The third kappa shape index (κ3) is 8.46. The molecule has 0 heterocycles. The molecule has 3 rings (SSSR count). The number of halogens is 1. The van der Waals surface area contributed by atoms with Gasteiger partial charge in [-0.05, 0) is 82.1 Å². The Morgan fingerprint density at radius 3 is 2.23 bits per heavy atom. The summed E-state index contributed by atoms with van der Waals surface area (Å²) >= 11 is 6.44. The summed E-state index contributed by atoms with van der Waals surface area (Å²) in [5.41, 5.74) is 2.48. The third-order valence-electron chi connectivity index (χ3n) is 6.59. The number of nitrogens with one attached hydrogen (secondary N) is 2. The number of benzene rings is 2. The molecule has 2 unspecified atom stereocenters. The Bertz CT molecular complexity index is 1150. The quantitative estimate of drug-likeness (QED) is 0.336. The number of anilines is 1. The average molecular weight is 556 g/mol. The summed E-state index contributed by atoms with van der Waals surface area (Å²) in [6.45, 7) is 13.3. The van der Waals surface area contributed by atoms with E-state index in [4.69, 9.17) is 16.3 Å². The van der Waals surface area contributed by atoms with E-state index in [2.05, 4.69) is 17.6 Å². The van der Waals surface area contributed by atoms with Crippen LogP contribution in [0.25, 0.3) is 0 Å². The number of hydrogen-bond donors (Lipinski definition) is 2. The third-order valence-corrected chi connectivity index (χ3v) is 6.91. The summed E-state index contributed by atoms with van der Waals surface area (Å²) in [4.78, 5) is 42.7. The molecule has 2 atom stereocenters. The molecule has 39 heavy (non-hydrogen) atoms. The summed E-state index contributed by atoms with van der Waals surface area (Å²) in [6.07, 6.45) is 2.19. The van der Waals surface area contributed by atoms with Crippen LogP contribution in [-0.4, -0.2) is 40.5 Å². The van der Waals surface area contributed by atoms with Gasteiger partial charge in [-0.15, -0.1) is 0 Å². The Kier molecular flexibility index (Phi) is 10.1. The molecule has 0 radical (unpaired) electrons. The topological polar surface area (TPSA) is 87.7 Å². The molecule has 7 nitrogen and oxygen atoms in total. The van der Waals surface area contributed by atoms with E-state index in [1.165, 1.54) is 0 Å². The summed E-state index contributed by atoms with van der Waals surface area (Å²) in [5.74, 6) is -0.527. The average Bonchev–Trinajstić information content (AvgIpc) is 3.68. The number of carbonyl (C=O) groups excluding carboxylic acids is 3. The Morgan fingerprint density at radius 1 is 1.08 bits per heavy atom. The van der Waals surface area contributed by atoms with Crippen molar-refractivity contribution in [3.05, 3.63) is 64.2 Å². The van der Waals surface area contributed by atoms with Crippen molar-refractivity contribution in [2.24, 2.45) is 5.92 Å². The number of alkyl carbamates (subject to hydrolysis) is 1. The Labute approximate surface area is 237 Å². The fourth-order valence-corrected chi connectivity index (χ4v) is 4.82. The number of aryl methyl sites for hydroxylation is 2. The van der Waals surface area contributed by atoms with Crippen molar-refractivity contribution >= 4 is 35.2 Å². The summed E-state index contributed by atoms with van der Waals surface area (Å²) in [6, 6.07) is 11.4.